The summed E-state index contributed by atoms with van der Waals surface area (Å²) in [6.07, 6.45) is 18.1. The summed E-state index contributed by atoms with van der Waals surface area (Å²) in [7, 11) is 0. The zero-order valence-electron chi connectivity index (χ0n) is 53.1. The molecule has 0 N–H and O–H groups in total. The number of aryl methyl sites for hydroxylation is 2. The largest absolute Gasteiger partial charge is 0.311 e. The predicted octanol–water partition coefficient (Wildman–Crippen LogP) is 24.6. The second-order valence-corrected chi connectivity index (χ2v) is 27.3. The lowest BCUT2D eigenvalue weighted by atomic mass is 9.70. The summed E-state index contributed by atoms with van der Waals surface area (Å²) in [6, 6.07) is 73.3. The molecule has 0 radical (unpaired) electrons. The first-order chi connectivity index (χ1) is 41.6. The third-order valence-electron chi connectivity index (χ3n) is 18.5. The lowest BCUT2D eigenvalue weighted by Crippen LogP contribution is -2.25. The fourth-order valence-corrected chi connectivity index (χ4v) is 14.0. The molecule has 0 spiro atoms. The molecule has 0 fully saturated rings. The van der Waals surface area contributed by atoms with Gasteiger partial charge in [-0.2, -0.15) is 8.75 Å². The van der Waals surface area contributed by atoms with E-state index in [4.69, 9.17) is 8.75 Å². The molecule has 1 aromatic heterocycles. The van der Waals surface area contributed by atoms with Crippen molar-refractivity contribution < 1.29 is 0 Å². The number of anilines is 6. The highest BCUT2D eigenvalue weighted by Crippen LogP contribution is 2.56. The van der Waals surface area contributed by atoms with E-state index in [1.54, 1.807) is 5.56 Å². The van der Waals surface area contributed by atoms with Crippen molar-refractivity contribution in [3.63, 3.8) is 0 Å². The molecule has 4 nitrogen and oxygen atoms in total. The van der Waals surface area contributed by atoms with E-state index in [-0.39, 0.29) is 16.2 Å². The average molecular weight is 1150 g/mol. The van der Waals surface area contributed by atoms with Crippen molar-refractivity contribution in [2.75, 3.05) is 9.80 Å². The molecule has 0 aliphatic heterocycles. The second kappa shape index (κ2) is 26.2. The normalized spacial score (nSPS) is 12.8. The fraction of sp³-hybridized carbons (Fsp3) is 0.333. The number of fused-ring (bicyclic) bond motifs is 4. The maximum Gasteiger partial charge on any atom is 0.113 e. The topological polar surface area (TPSA) is 32.3 Å². The van der Waals surface area contributed by atoms with Gasteiger partial charge in [-0.3, -0.25) is 0 Å². The zero-order chi connectivity index (χ0) is 60.0. The maximum atomic E-state index is 5.08. The lowest BCUT2D eigenvalue weighted by Gasteiger charge is -2.33. The molecule has 1 aliphatic carbocycles. The van der Waals surface area contributed by atoms with Crippen LogP contribution in [0, 0.1) is 13.8 Å². The quantitative estimate of drug-likeness (QED) is 0.0598. The lowest BCUT2D eigenvalue weighted by molar-refractivity contribution is 0.398. The van der Waals surface area contributed by atoms with Gasteiger partial charge in [-0.05, 0) is 172 Å². The molecule has 0 unspecified atom stereocenters. The predicted molar refractivity (Wildman–Crippen MR) is 372 cm³/mol. The third-order valence-corrected chi connectivity index (χ3v) is 19.0. The van der Waals surface area contributed by atoms with E-state index in [9.17, 15) is 0 Å². The molecule has 5 heteroatoms. The Morgan fingerprint density at radius 3 is 1.09 bits per heavy atom. The number of rotatable bonds is 23. The van der Waals surface area contributed by atoms with Gasteiger partial charge in [-0.1, -0.05) is 259 Å². The molecular formula is C81H90N4S. The minimum Gasteiger partial charge on any atom is -0.311 e. The van der Waals surface area contributed by atoms with Crippen LogP contribution in [0.5, 0.6) is 0 Å². The summed E-state index contributed by atoms with van der Waals surface area (Å²) in [5.74, 6) is 0. The van der Waals surface area contributed by atoms with Gasteiger partial charge in [0.05, 0.1) is 11.7 Å². The summed E-state index contributed by atoms with van der Waals surface area (Å²) in [4.78, 5) is 4.73. The minimum absolute atomic E-state index is 0.00609. The van der Waals surface area contributed by atoms with Gasteiger partial charge in [0.25, 0.3) is 0 Å². The van der Waals surface area contributed by atoms with Crippen LogP contribution in [-0.2, 0) is 16.2 Å². The Bertz CT molecular complexity index is 3840. The first kappa shape index (κ1) is 60.1. The molecule has 0 amide bonds. The monoisotopic (exact) mass is 1150 g/mol. The van der Waals surface area contributed by atoms with Gasteiger partial charge >= 0.3 is 0 Å². The van der Waals surface area contributed by atoms with Crippen LogP contribution in [0.3, 0.4) is 0 Å². The minimum atomic E-state index is 0.00609. The van der Waals surface area contributed by atoms with Crippen molar-refractivity contribution in [1.29, 1.82) is 0 Å². The molecule has 11 rings (SSSR count). The van der Waals surface area contributed by atoms with E-state index in [1.165, 1.54) is 157 Å². The van der Waals surface area contributed by atoms with E-state index < -0.39 is 0 Å². The Morgan fingerprint density at radius 1 is 0.337 bits per heavy atom. The van der Waals surface area contributed by atoms with Gasteiger partial charge in [0.2, 0.25) is 0 Å². The van der Waals surface area contributed by atoms with Crippen LogP contribution in [-0.4, -0.2) is 8.75 Å². The van der Waals surface area contributed by atoms with E-state index in [2.05, 4.69) is 273 Å². The summed E-state index contributed by atoms with van der Waals surface area (Å²) in [6.45, 7) is 22.7. The van der Waals surface area contributed by atoms with Crippen LogP contribution < -0.4 is 9.80 Å². The van der Waals surface area contributed by atoms with Gasteiger partial charge in [0.15, 0.2) is 0 Å². The highest BCUT2D eigenvalue weighted by molar-refractivity contribution is 7.00. The molecule has 9 aromatic carbocycles. The van der Waals surface area contributed by atoms with Crippen LogP contribution in [0.2, 0.25) is 0 Å². The summed E-state index contributed by atoms with van der Waals surface area (Å²) in [5, 5.41) is 0. The molecule has 86 heavy (non-hydrogen) atoms. The van der Waals surface area contributed by atoms with Crippen LogP contribution in [0.1, 0.15) is 179 Å². The van der Waals surface area contributed by atoms with E-state index in [1.807, 2.05) is 0 Å². The number of aromatic nitrogens is 2. The Labute approximate surface area is 519 Å². The standard InChI is InChI=1S/C81H90N4S/c1-11-13-15-17-19-21-53-81(54-22-20-18-16-14-12-2)75-55-58(4)25-49-73(75)74-50-32-62(56-76(74)81)72-52-51-71(77-78(72)83-86-82-77)61-30-43-68(44-31-61)85(70-47-35-64(36-48-70)80(8,9)10)67-41-28-60(29-42-67)59-26-39-66(40-27-59)84(65-37-23-57(3)24-38-65)69-45-33-63(34-46-69)79(5,6)7/h23-52,55-56H,11-22,53-54H2,1-10H3. The number of unbranched alkanes of at least 4 members (excludes halogenated alkanes) is 10. The second-order valence-electron chi connectivity index (χ2n) is 26.8. The van der Waals surface area contributed by atoms with Gasteiger partial charge in [-0.25, -0.2) is 0 Å². The Hall–Kier alpha value is -7.60. The van der Waals surface area contributed by atoms with Crippen molar-refractivity contribution in [2.24, 2.45) is 0 Å². The van der Waals surface area contributed by atoms with Crippen molar-refractivity contribution in [3.8, 4) is 44.5 Å². The Balaban J connectivity index is 0.890. The van der Waals surface area contributed by atoms with Gasteiger partial charge in [0.1, 0.15) is 11.0 Å². The molecule has 440 valence electrons. The number of nitrogens with zero attached hydrogens (tertiary/aromatic N) is 4. The maximum absolute atomic E-state index is 5.08. The Kier molecular flexibility index (Phi) is 18.3. The average Bonchev–Trinajstić information content (AvgIpc) is 1.61. The summed E-state index contributed by atoms with van der Waals surface area (Å²) >= 11 is 1.32. The zero-order valence-corrected chi connectivity index (χ0v) is 53.9. The molecule has 0 saturated heterocycles. The third kappa shape index (κ3) is 12.9. The van der Waals surface area contributed by atoms with Crippen molar-refractivity contribution >= 4 is 56.9 Å². The molecule has 10 aromatic rings. The van der Waals surface area contributed by atoms with Gasteiger partial charge in [0, 0.05) is 50.7 Å². The van der Waals surface area contributed by atoms with Crippen LogP contribution in [0.25, 0.3) is 55.5 Å². The molecule has 0 saturated carbocycles. The molecular weight excluding hydrogens is 1060 g/mol. The molecule has 1 aliphatic rings. The smallest absolute Gasteiger partial charge is 0.113 e. The number of benzene rings is 9. The molecule has 1 heterocycles. The molecule has 0 bridgehead atoms. The molecule has 0 atom stereocenters. The number of hydrogen-bond donors (Lipinski definition) is 0. The van der Waals surface area contributed by atoms with Crippen LogP contribution in [0.15, 0.2) is 194 Å². The summed E-state index contributed by atoms with van der Waals surface area (Å²) < 4.78 is 10.1. The van der Waals surface area contributed by atoms with Gasteiger partial charge < -0.3 is 9.80 Å². The Morgan fingerprint density at radius 2 is 0.663 bits per heavy atom. The number of hydrogen-bond acceptors (Lipinski definition) is 5. The van der Waals surface area contributed by atoms with Crippen molar-refractivity contribution in [1.82, 2.24) is 8.75 Å². The van der Waals surface area contributed by atoms with Crippen molar-refractivity contribution in [3.05, 3.63) is 228 Å². The highest BCUT2D eigenvalue weighted by Gasteiger charge is 2.42. The fourth-order valence-electron chi connectivity index (χ4n) is 13.4. The first-order valence-corrected chi connectivity index (χ1v) is 33.1. The van der Waals surface area contributed by atoms with E-state index in [0.29, 0.717) is 0 Å². The summed E-state index contributed by atoms with van der Waals surface area (Å²) in [5.41, 5.74) is 26.9. The van der Waals surface area contributed by atoms with Crippen LogP contribution in [0.4, 0.5) is 34.1 Å². The van der Waals surface area contributed by atoms with Gasteiger partial charge in [-0.15, -0.1) is 0 Å². The highest BCUT2D eigenvalue weighted by atomic mass is 32.1. The van der Waals surface area contributed by atoms with Crippen molar-refractivity contribution in [2.45, 2.75) is 175 Å². The van der Waals surface area contributed by atoms with E-state index >= 15 is 0 Å². The van der Waals surface area contributed by atoms with Crippen LogP contribution >= 0.6 is 11.7 Å². The first-order valence-electron chi connectivity index (χ1n) is 32.3. The van der Waals surface area contributed by atoms with E-state index in [0.717, 1.165) is 61.8 Å². The SMILES string of the molecule is CCCCCCCCC1(CCCCCCCC)c2cc(C)ccc2-c2ccc(-c3ccc(-c4ccc(N(c5ccc(-c6ccc(N(c7ccc(C)cc7)c7ccc(C(C)(C)C)cc7)cc6)cc5)c5ccc(C(C)(C)C)cc5)cc4)c4nsnc34)cc21.